The molecule has 0 amide bonds. The molecule has 0 fully saturated rings. The van der Waals surface area contributed by atoms with Crippen LogP contribution in [0.1, 0.15) is 43.4 Å². The monoisotopic (exact) mass is 236 g/mol. The summed E-state index contributed by atoms with van der Waals surface area (Å²) in [4.78, 5) is 4.23. The van der Waals surface area contributed by atoms with Crippen molar-refractivity contribution in [3.63, 3.8) is 0 Å². The van der Waals surface area contributed by atoms with Gasteiger partial charge in [-0.15, -0.1) is 0 Å². The van der Waals surface area contributed by atoms with Crippen LogP contribution < -0.4 is 5.32 Å². The Kier molecular flexibility index (Phi) is 6.82. The van der Waals surface area contributed by atoms with Gasteiger partial charge in [-0.25, -0.2) is 0 Å². The number of pyridine rings is 1. The summed E-state index contributed by atoms with van der Waals surface area (Å²) in [5.74, 6) is 0. The molecule has 0 aliphatic rings. The molecule has 1 heterocycles. The molecular weight excluding hydrogens is 212 g/mol. The maximum atomic E-state index is 5.12. The maximum Gasteiger partial charge on any atom is 0.0462 e. The van der Waals surface area contributed by atoms with Crippen LogP contribution in [-0.2, 0) is 4.74 Å². The fraction of sp³-hybridized carbons (Fsp3) is 0.643. The van der Waals surface area contributed by atoms with E-state index in [1.54, 1.807) is 7.11 Å². The van der Waals surface area contributed by atoms with Gasteiger partial charge in [0.1, 0.15) is 0 Å². The SMILES string of the molecule is CCCNC(CCCOC)c1cnccc1C. The van der Waals surface area contributed by atoms with Crippen LogP contribution in [0.15, 0.2) is 18.5 Å². The van der Waals surface area contributed by atoms with Gasteiger partial charge in [0, 0.05) is 32.2 Å². The summed E-state index contributed by atoms with van der Waals surface area (Å²) in [5, 5.41) is 3.59. The number of aryl methyl sites for hydroxylation is 1. The highest BCUT2D eigenvalue weighted by molar-refractivity contribution is 5.24. The third-order valence-electron chi connectivity index (χ3n) is 2.94. The normalized spacial score (nSPS) is 12.6. The Morgan fingerprint density at radius 2 is 2.29 bits per heavy atom. The van der Waals surface area contributed by atoms with Crippen LogP contribution in [0, 0.1) is 6.92 Å². The molecular formula is C14H24N2O. The number of hydrogen-bond donors (Lipinski definition) is 1. The van der Waals surface area contributed by atoms with Crippen LogP contribution in [0.4, 0.5) is 0 Å². The maximum absolute atomic E-state index is 5.12. The summed E-state index contributed by atoms with van der Waals surface area (Å²) >= 11 is 0. The van der Waals surface area contributed by atoms with Gasteiger partial charge in [-0.2, -0.15) is 0 Å². The van der Waals surface area contributed by atoms with Gasteiger partial charge in [-0.05, 0) is 49.9 Å². The van der Waals surface area contributed by atoms with Gasteiger partial charge in [0.2, 0.25) is 0 Å². The van der Waals surface area contributed by atoms with Crippen molar-refractivity contribution < 1.29 is 4.74 Å². The number of rotatable bonds is 8. The molecule has 0 spiro atoms. The number of nitrogens with one attached hydrogen (secondary N) is 1. The lowest BCUT2D eigenvalue weighted by Gasteiger charge is -2.20. The van der Waals surface area contributed by atoms with Crippen molar-refractivity contribution in [3.05, 3.63) is 29.6 Å². The summed E-state index contributed by atoms with van der Waals surface area (Å²) in [5.41, 5.74) is 2.63. The van der Waals surface area contributed by atoms with Gasteiger partial charge < -0.3 is 10.1 Å². The molecule has 1 rings (SSSR count). The third-order valence-corrected chi connectivity index (χ3v) is 2.94. The second-order valence-electron chi connectivity index (χ2n) is 4.37. The van der Waals surface area contributed by atoms with Crippen LogP contribution in [0.3, 0.4) is 0 Å². The average Bonchev–Trinajstić information content (AvgIpc) is 2.35. The van der Waals surface area contributed by atoms with Crippen LogP contribution in [0.25, 0.3) is 0 Å². The number of aromatic nitrogens is 1. The minimum atomic E-state index is 0.402. The van der Waals surface area contributed by atoms with E-state index in [-0.39, 0.29) is 0 Å². The Labute approximate surface area is 105 Å². The predicted octanol–water partition coefficient (Wildman–Crippen LogP) is 2.86. The van der Waals surface area contributed by atoms with E-state index in [2.05, 4.69) is 30.2 Å². The number of ether oxygens (including phenoxy) is 1. The molecule has 0 radical (unpaired) electrons. The second-order valence-corrected chi connectivity index (χ2v) is 4.37. The van der Waals surface area contributed by atoms with Crippen LogP contribution in [0.5, 0.6) is 0 Å². The summed E-state index contributed by atoms with van der Waals surface area (Å²) < 4.78 is 5.12. The molecule has 0 aliphatic carbocycles. The molecule has 17 heavy (non-hydrogen) atoms. The van der Waals surface area contributed by atoms with Crippen LogP contribution >= 0.6 is 0 Å². The Morgan fingerprint density at radius 3 is 2.94 bits per heavy atom. The summed E-state index contributed by atoms with van der Waals surface area (Å²) in [6.45, 7) is 6.21. The summed E-state index contributed by atoms with van der Waals surface area (Å²) in [6, 6.07) is 2.48. The molecule has 3 nitrogen and oxygen atoms in total. The average molecular weight is 236 g/mol. The minimum Gasteiger partial charge on any atom is -0.385 e. The number of methoxy groups -OCH3 is 1. The smallest absolute Gasteiger partial charge is 0.0462 e. The van der Waals surface area contributed by atoms with E-state index in [9.17, 15) is 0 Å². The zero-order chi connectivity index (χ0) is 12.5. The summed E-state index contributed by atoms with van der Waals surface area (Å²) in [7, 11) is 1.75. The third kappa shape index (κ3) is 4.84. The first-order valence-electron chi connectivity index (χ1n) is 6.42. The molecule has 1 aromatic rings. The lowest BCUT2D eigenvalue weighted by atomic mass is 9.99. The van der Waals surface area contributed by atoms with Gasteiger partial charge in [0.05, 0.1) is 0 Å². The lowest BCUT2D eigenvalue weighted by molar-refractivity contribution is 0.188. The van der Waals surface area contributed by atoms with Crippen LogP contribution in [0.2, 0.25) is 0 Å². The number of nitrogens with zero attached hydrogens (tertiary/aromatic N) is 1. The molecule has 96 valence electrons. The Bertz CT molecular complexity index is 315. The molecule has 0 bridgehead atoms. The Hall–Kier alpha value is -0.930. The van der Waals surface area contributed by atoms with Crippen molar-refractivity contribution in [2.75, 3.05) is 20.3 Å². The molecule has 1 unspecified atom stereocenters. The standard InChI is InChI=1S/C14H24N2O/c1-4-8-16-14(6-5-10-17-3)13-11-15-9-7-12(13)2/h7,9,11,14,16H,4-6,8,10H2,1-3H3. The first-order chi connectivity index (χ1) is 8.29. The minimum absolute atomic E-state index is 0.402. The van der Waals surface area contributed by atoms with E-state index in [4.69, 9.17) is 4.74 Å². The second kappa shape index (κ2) is 8.20. The molecule has 1 N–H and O–H groups in total. The van der Waals surface area contributed by atoms with E-state index < -0.39 is 0 Å². The largest absolute Gasteiger partial charge is 0.385 e. The lowest BCUT2D eigenvalue weighted by Crippen LogP contribution is -2.23. The highest BCUT2D eigenvalue weighted by Gasteiger charge is 2.12. The van der Waals surface area contributed by atoms with E-state index in [1.807, 2.05) is 12.4 Å². The Morgan fingerprint density at radius 1 is 1.47 bits per heavy atom. The predicted molar refractivity (Wildman–Crippen MR) is 71.1 cm³/mol. The van der Waals surface area contributed by atoms with Gasteiger partial charge in [0.25, 0.3) is 0 Å². The van der Waals surface area contributed by atoms with Crippen molar-refractivity contribution in [3.8, 4) is 0 Å². The van der Waals surface area contributed by atoms with E-state index >= 15 is 0 Å². The van der Waals surface area contributed by atoms with Crippen molar-refractivity contribution in [1.29, 1.82) is 0 Å². The van der Waals surface area contributed by atoms with Crippen molar-refractivity contribution in [1.82, 2.24) is 10.3 Å². The summed E-state index contributed by atoms with van der Waals surface area (Å²) in [6.07, 6.45) is 7.16. The van der Waals surface area contributed by atoms with Crippen molar-refractivity contribution >= 4 is 0 Å². The number of hydrogen-bond acceptors (Lipinski definition) is 3. The van der Waals surface area contributed by atoms with Gasteiger partial charge >= 0.3 is 0 Å². The van der Waals surface area contributed by atoms with Crippen LogP contribution in [-0.4, -0.2) is 25.2 Å². The molecule has 0 aliphatic heterocycles. The van der Waals surface area contributed by atoms with Crippen molar-refractivity contribution in [2.24, 2.45) is 0 Å². The highest BCUT2D eigenvalue weighted by Crippen LogP contribution is 2.21. The first kappa shape index (κ1) is 14.1. The molecule has 1 aromatic heterocycles. The first-order valence-corrected chi connectivity index (χ1v) is 6.42. The van der Waals surface area contributed by atoms with E-state index in [1.165, 1.54) is 11.1 Å². The van der Waals surface area contributed by atoms with Gasteiger partial charge in [-0.3, -0.25) is 4.98 Å². The van der Waals surface area contributed by atoms with Gasteiger partial charge in [0.15, 0.2) is 0 Å². The van der Waals surface area contributed by atoms with Crippen molar-refractivity contribution in [2.45, 2.75) is 39.2 Å². The molecule has 3 heteroatoms. The Balaban J connectivity index is 2.64. The molecule has 0 saturated heterocycles. The quantitative estimate of drug-likeness (QED) is 0.705. The molecule has 1 atom stereocenters. The molecule has 0 aromatic carbocycles. The highest BCUT2D eigenvalue weighted by atomic mass is 16.5. The fourth-order valence-corrected chi connectivity index (χ4v) is 1.96. The zero-order valence-corrected chi connectivity index (χ0v) is 11.2. The topological polar surface area (TPSA) is 34.1 Å². The van der Waals surface area contributed by atoms with E-state index in [0.29, 0.717) is 6.04 Å². The van der Waals surface area contributed by atoms with Gasteiger partial charge in [-0.1, -0.05) is 6.92 Å². The zero-order valence-electron chi connectivity index (χ0n) is 11.2. The molecule has 0 saturated carbocycles. The fourth-order valence-electron chi connectivity index (χ4n) is 1.96. The van der Waals surface area contributed by atoms with E-state index in [0.717, 1.165) is 32.4 Å².